The molecule has 1 aromatic heterocycles. The molecule has 0 aliphatic carbocycles. The van der Waals surface area contributed by atoms with Crippen molar-refractivity contribution in [1.82, 2.24) is 15.1 Å². The molecule has 8 heteroatoms. The molecule has 1 saturated heterocycles. The quantitative estimate of drug-likeness (QED) is 0.838. The molecule has 0 saturated carbocycles. The van der Waals surface area contributed by atoms with Crippen LogP contribution < -0.4 is 5.32 Å². The third-order valence-corrected chi connectivity index (χ3v) is 3.19. The molecule has 0 spiro atoms. The Kier molecular flexibility index (Phi) is 4.94. The fourth-order valence-electron chi connectivity index (χ4n) is 2.07. The minimum atomic E-state index is -0.772. The van der Waals surface area contributed by atoms with E-state index < -0.39 is 12.0 Å². The van der Waals surface area contributed by atoms with E-state index in [1.54, 1.807) is 17.0 Å². The summed E-state index contributed by atoms with van der Waals surface area (Å²) in [5.41, 5.74) is 0. The van der Waals surface area contributed by atoms with Crippen molar-refractivity contribution in [2.45, 2.75) is 0 Å². The van der Waals surface area contributed by atoms with E-state index in [0.29, 0.717) is 31.9 Å². The number of furan rings is 1. The number of rotatable bonds is 3. The average molecular weight is 295 g/mol. The lowest BCUT2D eigenvalue weighted by Crippen LogP contribution is -2.51. The smallest absolute Gasteiger partial charge is 0.413 e. The topological polar surface area (TPSA) is 92.1 Å². The summed E-state index contributed by atoms with van der Waals surface area (Å²) >= 11 is 0. The van der Waals surface area contributed by atoms with Gasteiger partial charge in [0.05, 0.1) is 19.9 Å². The molecular formula is C13H17N3O5. The van der Waals surface area contributed by atoms with Gasteiger partial charge in [-0.2, -0.15) is 0 Å². The molecule has 2 heterocycles. The van der Waals surface area contributed by atoms with E-state index in [1.807, 2.05) is 4.90 Å². The SMILES string of the molecule is COC(=O)NC(=O)CN1CCN(C(=O)c2ccco2)CC1. The van der Waals surface area contributed by atoms with Crippen LogP contribution in [0, 0.1) is 0 Å². The number of hydrogen-bond donors (Lipinski definition) is 1. The van der Waals surface area contributed by atoms with Crippen LogP contribution in [-0.2, 0) is 9.53 Å². The van der Waals surface area contributed by atoms with Crippen LogP contribution in [0.2, 0.25) is 0 Å². The van der Waals surface area contributed by atoms with Gasteiger partial charge in [0.2, 0.25) is 5.91 Å². The predicted octanol–water partition coefficient (Wildman–Crippen LogP) is -0.0800. The van der Waals surface area contributed by atoms with Crippen LogP contribution in [0.25, 0.3) is 0 Å². The highest BCUT2D eigenvalue weighted by Gasteiger charge is 2.24. The zero-order valence-corrected chi connectivity index (χ0v) is 11.7. The van der Waals surface area contributed by atoms with Gasteiger partial charge in [-0.25, -0.2) is 4.79 Å². The fraction of sp³-hybridized carbons (Fsp3) is 0.462. The highest BCUT2D eigenvalue weighted by molar-refractivity contribution is 5.93. The standard InChI is InChI=1S/C13H17N3O5/c1-20-13(19)14-11(17)9-15-4-6-16(7-5-15)12(18)10-3-2-8-21-10/h2-3,8H,4-7,9H2,1H3,(H,14,17,19). The normalized spacial score (nSPS) is 15.6. The van der Waals surface area contributed by atoms with Gasteiger partial charge >= 0.3 is 6.09 Å². The first-order valence-corrected chi connectivity index (χ1v) is 6.53. The highest BCUT2D eigenvalue weighted by atomic mass is 16.5. The molecule has 2 rings (SSSR count). The maximum atomic E-state index is 12.0. The van der Waals surface area contributed by atoms with Crippen molar-refractivity contribution >= 4 is 17.9 Å². The lowest BCUT2D eigenvalue weighted by molar-refractivity contribution is -0.121. The third kappa shape index (κ3) is 4.06. The Hall–Kier alpha value is -2.35. The highest BCUT2D eigenvalue weighted by Crippen LogP contribution is 2.09. The summed E-state index contributed by atoms with van der Waals surface area (Å²) in [5, 5.41) is 2.10. The Morgan fingerprint density at radius 3 is 2.57 bits per heavy atom. The molecule has 1 N–H and O–H groups in total. The summed E-state index contributed by atoms with van der Waals surface area (Å²) in [6, 6.07) is 3.29. The first-order chi connectivity index (χ1) is 10.1. The van der Waals surface area contributed by atoms with Gasteiger partial charge in [0, 0.05) is 26.2 Å². The van der Waals surface area contributed by atoms with Crippen LogP contribution in [0.5, 0.6) is 0 Å². The first-order valence-electron chi connectivity index (χ1n) is 6.53. The largest absolute Gasteiger partial charge is 0.459 e. The van der Waals surface area contributed by atoms with Crippen LogP contribution in [0.3, 0.4) is 0 Å². The van der Waals surface area contributed by atoms with Crippen molar-refractivity contribution in [2.24, 2.45) is 0 Å². The molecule has 21 heavy (non-hydrogen) atoms. The zero-order chi connectivity index (χ0) is 15.2. The number of alkyl carbamates (subject to hydrolysis) is 1. The Balaban J connectivity index is 1.77. The number of carbonyl (C=O) groups is 3. The van der Waals surface area contributed by atoms with E-state index in [4.69, 9.17) is 4.42 Å². The van der Waals surface area contributed by atoms with Crippen molar-refractivity contribution in [3.05, 3.63) is 24.2 Å². The molecule has 114 valence electrons. The maximum absolute atomic E-state index is 12.0. The molecule has 1 aromatic rings. The Morgan fingerprint density at radius 1 is 1.29 bits per heavy atom. The summed E-state index contributed by atoms with van der Waals surface area (Å²) < 4.78 is 9.42. The minimum Gasteiger partial charge on any atom is -0.459 e. The molecule has 1 aliphatic heterocycles. The Labute approximate surface area is 121 Å². The van der Waals surface area contributed by atoms with E-state index in [9.17, 15) is 14.4 Å². The van der Waals surface area contributed by atoms with Gasteiger partial charge in [-0.1, -0.05) is 0 Å². The number of hydrogen-bond acceptors (Lipinski definition) is 6. The lowest BCUT2D eigenvalue weighted by Gasteiger charge is -2.33. The molecule has 3 amide bonds. The van der Waals surface area contributed by atoms with Crippen molar-refractivity contribution in [2.75, 3.05) is 39.8 Å². The number of piperazine rings is 1. The number of nitrogens with one attached hydrogen (secondary N) is 1. The second kappa shape index (κ2) is 6.89. The molecule has 0 unspecified atom stereocenters. The fourth-order valence-corrected chi connectivity index (χ4v) is 2.07. The summed E-state index contributed by atoms with van der Waals surface area (Å²) in [6.45, 7) is 2.22. The van der Waals surface area contributed by atoms with Crippen LogP contribution in [0.1, 0.15) is 10.6 Å². The number of amides is 3. The van der Waals surface area contributed by atoms with Gasteiger partial charge in [0.15, 0.2) is 5.76 Å². The Morgan fingerprint density at radius 2 is 2.00 bits per heavy atom. The van der Waals surface area contributed by atoms with Gasteiger partial charge in [-0.3, -0.25) is 19.8 Å². The predicted molar refractivity (Wildman–Crippen MR) is 71.6 cm³/mol. The molecule has 0 aromatic carbocycles. The van der Waals surface area contributed by atoms with E-state index >= 15 is 0 Å². The molecule has 1 aliphatic rings. The third-order valence-electron chi connectivity index (χ3n) is 3.19. The summed E-state index contributed by atoms with van der Waals surface area (Å²) in [5.74, 6) is -0.266. The van der Waals surface area contributed by atoms with Crippen LogP contribution in [0.4, 0.5) is 4.79 Å². The minimum absolute atomic E-state index is 0.0951. The van der Waals surface area contributed by atoms with E-state index in [2.05, 4.69) is 10.1 Å². The summed E-state index contributed by atoms with van der Waals surface area (Å²) in [4.78, 5) is 38.0. The van der Waals surface area contributed by atoms with Crippen molar-refractivity contribution in [3.63, 3.8) is 0 Å². The molecular weight excluding hydrogens is 278 g/mol. The average Bonchev–Trinajstić information content (AvgIpc) is 3.01. The summed E-state index contributed by atoms with van der Waals surface area (Å²) in [6.07, 6.45) is 0.687. The molecule has 8 nitrogen and oxygen atoms in total. The molecule has 0 bridgehead atoms. The molecule has 0 atom stereocenters. The Bertz CT molecular complexity index is 506. The van der Waals surface area contributed by atoms with Crippen LogP contribution in [0.15, 0.2) is 22.8 Å². The number of ether oxygens (including phenoxy) is 1. The number of carbonyl (C=O) groups excluding carboxylic acids is 3. The molecule has 1 fully saturated rings. The summed E-state index contributed by atoms with van der Waals surface area (Å²) in [7, 11) is 1.20. The van der Waals surface area contributed by atoms with Gasteiger partial charge < -0.3 is 14.1 Å². The van der Waals surface area contributed by atoms with Crippen molar-refractivity contribution in [1.29, 1.82) is 0 Å². The molecule has 0 radical (unpaired) electrons. The maximum Gasteiger partial charge on any atom is 0.413 e. The van der Waals surface area contributed by atoms with Crippen molar-refractivity contribution in [3.8, 4) is 0 Å². The van der Waals surface area contributed by atoms with Gasteiger partial charge in [0.1, 0.15) is 0 Å². The first kappa shape index (κ1) is 15.0. The lowest BCUT2D eigenvalue weighted by atomic mass is 10.3. The van der Waals surface area contributed by atoms with Crippen LogP contribution in [-0.4, -0.2) is 67.5 Å². The van der Waals surface area contributed by atoms with Crippen LogP contribution >= 0.6 is 0 Å². The second-order valence-electron chi connectivity index (χ2n) is 4.59. The van der Waals surface area contributed by atoms with Gasteiger partial charge in [-0.05, 0) is 12.1 Å². The number of nitrogens with zero attached hydrogens (tertiary/aromatic N) is 2. The van der Waals surface area contributed by atoms with E-state index in [0.717, 1.165) is 0 Å². The zero-order valence-electron chi connectivity index (χ0n) is 11.7. The number of imide groups is 1. The van der Waals surface area contributed by atoms with Gasteiger partial charge in [-0.15, -0.1) is 0 Å². The van der Waals surface area contributed by atoms with E-state index in [1.165, 1.54) is 13.4 Å². The number of methoxy groups -OCH3 is 1. The monoisotopic (exact) mass is 295 g/mol. The second-order valence-corrected chi connectivity index (χ2v) is 4.59. The van der Waals surface area contributed by atoms with E-state index in [-0.39, 0.29) is 12.5 Å². The van der Waals surface area contributed by atoms with Crippen molar-refractivity contribution < 1.29 is 23.5 Å². The van der Waals surface area contributed by atoms with Gasteiger partial charge in [0.25, 0.3) is 5.91 Å².